The Labute approximate surface area is 143 Å². The van der Waals surface area contributed by atoms with Gasteiger partial charge in [0.15, 0.2) is 0 Å². The maximum absolute atomic E-state index is 6.03. The lowest BCUT2D eigenvalue weighted by atomic mass is 10.1. The van der Waals surface area contributed by atoms with Gasteiger partial charge in [-0.05, 0) is 37.3 Å². The summed E-state index contributed by atoms with van der Waals surface area (Å²) in [7, 11) is 1.69. The first-order chi connectivity index (χ1) is 11.7. The van der Waals surface area contributed by atoms with Gasteiger partial charge >= 0.3 is 0 Å². The minimum atomic E-state index is 0.470. The number of rotatable bonds is 6. The van der Waals surface area contributed by atoms with Crippen LogP contribution in [0.25, 0.3) is 0 Å². The molecule has 5 nitrogen and oxygen atoms in total. The number of nitrogens with one attached hydrogen (secondary N) is 1. The maximum Gasteiger partial charge on any atom is 0.130 e. The Balaban J connectivity index is 1.72. The summed E-state index contributed by atoms with van der Waals surface area (Å²) in [5, 5.41) is 3.48. The van der Waals surface area contributed by atoms with Gasteiger partial charge in [0.1, 0.15) is 18.1 Å². The lowest BCUT2D eigenvalue weighted by Crippen LogP contribution is -2.48. The molecule has 24 heavy (non-hydrogen) atoms. The molecular formula is C19H25N3O2. The second kappa shape index (κ2) is 8.13. The molecule has 1 aliphatic rings. The van der Waals surface area contributed by atoms with Crippen molar-refractivity contribution in [2.24, 2.45) is 0 Å². The summed E-state index contributed by atoms with van der Waals surface area (Å²) < 4.78 is 11.4. The van der Waals surface area contributed by atoms with Crippen LogP contribution in [-0.2, 0) is 13.2 Å². The summed E-state index contributed by atoms with van der Waals surface area (Å²) in [5.74, 6) is 1.76. The van der Waals surface area contributed by atoms with Crippen molar-refractivity contribution < 1.29 is 9.47 Å². The highest BCUT2D eigenvalue weighted by molar-refractivity contribution is 5.40. The average molecular weight is 327 g/mol. The van der Waals surface area contributed by atoms with Gasteiger partial charge < -0.3 is 14.8 Å². The SMILES string of the molecule is COc1ccc(OCc2ccccn2)c(CN2CCNC(C)C2)c1. The molecule has 0 aliphatic carbocycles. The third-order valence-corrected chi connectivity index (χ3v) is 4.22. The van der Waals surface area contributed by atoms with E-state index in [1.807, 2.05) is 30.3 Å². The van der Waals surface area contributed by atoms with E-state index in [1.54, 1.807) is 13.3 Å². The summed E-state index contributed by atoms with van der Waals surface area (Å²) >= 11 is 0. The number of piperazine rings is 1. The van der Waals surface area contributed by atoms with Crippen LogP contribution in [0.3, 0.4) is 0 Å². The second-order valence-electron chi connectivity index (χ2n) is 6.17. The van der Waals surface area contributed by atoms with Crippen LogP contribution < -0.4 is 14.8 Å². The summed E-state index contributed by atoms with van der Waals surface area (Å²) in [5.41, 5.74) is 2.08. The second-order valence-corrected chi connectivity index (χ2v) is 6.17. The minimum Gasteiger partial charge on any atom is -0.497 e. The molecule has 0 saturated carbocycles. The number of hydrogen-bond donors (Lipinski definition) is 1. The fraction of sp³-hybridized carbons (Fsp3) is 0.421. The van der Waals surface area contributed by atoms with Crippen LogP contribution >= 0.6 is 0 Å². The molecule has 1 aromatic heterocycles. The van der Waals surface area contributed by atoms with E-state index in [2.05, 4.69) is 28.2 Å². The number of ether oxygens (including phenoxy) is 2. The highest BCUT2D eigenvalue weighted by Gasteiger charge is 2.17. The summed E-state index contributed by atoms with van der Waals surface area (Å²) in [6, 6.07) is 12.4. The van der Waals surface area contributed by atoms with Crippen LogP contribution in [0.1, 0.15) is 18.2 Å². The molecular weight excluding hydrogens is 302 g/mol. The molecule has 1 unspecified atom stereocenters. The van der Waals surface area contributed by atoms with Gasteiger partial charge in [-0.25, -0.2) is 0 Å². The largest absolute Gasteiger partial charge is 0.497 e. The molecule has 2 heterocycles. The fourth-order valence-electron chi connectivity index (χ4n) is 2.98. The first-order valence-corrected chi connectivity index (χ1v) is 8.40. The summed E-state index contributed by atoms with van der Waals surface area (Å²) in [4.78, 5) is 6.76. The number of benzene rings is 1. The monoisotopic (exact) mass is 327 g/mol. The molecule has 0 bridgehead atoms. The van der Waals surface area contributed by atoms with Crippen LogP contribution in [0.4, 0.5) is 0 Å². The van der Waals surface area contributed by atoms with Crippen molar-refractivity contribution in [2.75, 3.05) is 26.7 Å². The Morgan fingerprint density at radius 2 is 2.21 bits per heavy atom. The van der Waals surface area contributed by atoms with Gasteiger partial charge in [0.2, 0.25) is 0 Å². The number of methoxy groups -OCH3 is 1. The van der Waals surface area contributed by atoms with Crippen molar-refractivity contribution >= 4 is 0 Å². The number of nitrogens with zero attached hydrogens (tertiary/aromatic N) is 2. The van der Waals surface area contributed by atoms with E-state index in [1.165, 1.54) is 0 Å². The summed E-state index contributed by atoms with van der Waals surface area (Å²) in [6.45, 7) is 6.66. The normalized spacial score (nSPS) is 18.3. The van der Waals surface area contributed by atoms with E-state index in [4.69, 9.17) is 9.47 Å². The minimum absolute atomic E-state index is 0.470. The van der Waals surface area contributed by atoms with Crippen molar-refractivity contribution in [2.45, 2.75) is 26.1 Å². The van der Waals surface area contributed by atoms with Gasteiger partial charge in [-0.1, -0.05) is 6.07 Å². The van der Waals surface area contributed by atoms with Crippen molar-refractivity contribution in [1.82, 2.24) is 15.2 Å². The third kappa shape index (κ3) is 4.46. The van der Waals surface area contributed by atoms with Crippen LogP contribution in [0.5, 0.6) is 11.5 Å². The van der Waals surface area contributed by atoms with E-state index in [9.17, 15) is 0 Å². The standard InChI is InChI=1S/C19H25N3O2/c1-15-12-22(10-9-20-15)13-16-11-18(23-2)6-7-19(16)24-14-17-5-3-4-8-21-17/h3-8,11,15,20H,9-10,12-14H2,1-2H3. The van der Waals surface area contributed by atoms with Gasteiger partial charge in [-0.3, -0.25) is 9.88 Å². The molecule has 1 fully saturated rings. The topological polar surface area (TPSA) is 46.6 Å². The molecule has 2 aromatic rings. The molecule has 1 aliphatic heterocycles. The van der Waals surface area contributed by atoms with Crippen LogP contribution in [0.15, 0.2) is 42.6 Å². The molecule has 3 rings (SSSR count). The van der Waals surface area contributed by atoms with Crippen molar-refractivity contribution in [3.63, 3.8) is 0 Å². The van der Waals surface area contributed by atoms with Crippen molar-refractivity contribution in [3.05, 3.63) is 53.9 Å². The van der Waals surface area contributed by atoms with Crippen LogP contribution in [0.2, 0.25) is 0 Å². The maximum atomic E-state index is 6.03. The predicted molar refractivity (Wildman–Crippen MR) is 94.3 cm³/mol. The number of aromatic nitrogens is 1. The van der Waals surface area contributed by atoms with Gasteiger partial charge in [0.25, 0.3) is 0 Å². The highest BCUT2D eigenvalue weighted by Crippen LogP contribution is 2.26. The van der Waals surface area contributed by atoms with E-state index in [0.29, 0.717) is 12.6 Å². The van der Waals surface area contributed by atoms with Gasteiger partial charge in [0, 0.05) is 44.0 Å². The van der Waals surface area contributed by atoms with E-state index >= 15 is 0 Å². The number of hydrogen-bond acceptors (Lipinski definition) is 5. The van der Waals surface area contributed by atoms with E-state index in [-0.39, 0.29) is 0 Å². The molecule has 0 spiro atoms. The molecule has 1 saturated heterocycles. The van der Waals surface area contributed by atoms with Gasteiger partial charge in [-0.2, -0.15) is 0 Å². The van der Waals surface area contributed by atoms with Crippen molar-refractivity contribution in [3.8, 4) is 11.5 Å². The Bertz CT molecular complexity index is 648. The zero-order valence-corrected chi connectivity index (χ0v) is 14.4. The number of pyridine rings is 1. The lowest BCUT2D eigenvalue weighted by Gasteiger charge is -2.32. The fourth-order valence-corrected chi connectivity index (χ4v) is 2.98. The Hall–Kier alpha value is -2.11. The predicted octanol–water partition coefficient (Wildman–Crippen LogP) is 2.46. The summed E-state index contributed by atoms with van der Waals surface area (Å²) in [6.07, 6.45) is 1.79. The van der Waals surface area contributed by atoms with Crippen LogP contribution in [0, 0.1) is 0 Å². The Kier molecular flexibility index (Phi) is 5.67. The third-order valence-electron chi connectivity index (χ3n) is 4.22. The molecule has 1 atom stereocenters. The molecule has 0 amide bonds. The molecule has 1 aromatic carbocycles. The van der Waals surface area contributed by atoms with Crippen molar-refractivity contribution in [1.29, 1.82) is 0 Å². The van der Waals surface area contributed by atoms with Gasteiger partial charge in [-0.15, -0.1) is 0 Å². The Morgan fingerprint density at radius 1 is 1.29 bits per heavy atom. The van der Waals surface area contributed by atoms with E-state index < -0.39 is 0 Å². The first kappa shape index (κ1) is 16.7. The average Bonchev–Trinajstić information content (AvgIpc) is 2.61. The molecule has 5 heteroatoms. The zero-order valence-electron chi connectivity index (χ0n) is 14.4. The molecule has 128 valence electrons. The zero-order chi connectivity index (χ0) is 16.8. The quantitative estimate of drug-likeness (QED) is 0.883. The van der Waals surface area contributed by atoms with E-state index in [0.717, 1.165) is 48.9 Å². The molecule has 0 radical (unpaired) electrons. The lowest BCUT2D eigenvalue weighted by molar-refractivity contribution is 0.195. The molecule has 1 N–H and O–H groups in total. The Morgan fingerprint density at radius 3 is 2.96 bits per heavy atom. The highest BCUT2D eigenvalue weighted by atomic mass is 16.5. The first-order valence-electron chi connectivity index (χ1n) is 8.40. The smallest absolute Gasteiger partial charge is 0.130 e. The van der Waals surface area contributed by atoms with Gasteiger partial charge in [0.05, 0.1) is 12.8 Å². The van der Waals surface area contributed by atoms with Crippen LogP contribution in [-0.4, -0.2) is 42.7 Å².